The Morgan fingerprint density at radius 3 is 2.50 bits per heavy atom. The third-order valence-corrected chi connectivity index (χ3v) is 3.13. The first-order chi connectivity index (χ1) is 4.68. The Labute approximate surface area is 65.9 Å². The molecule has 1 aliphatic carbocycles. The first kappa shape index (κ1) is 7.86. The van der Waals surface area contributed by atoms with Crippen LogP contribution < -0.4 is 0 Å². The summed E-state index contributed by atoms with van der Waals surface area (Å²) in [7, 11) is 0. The molecule has 0 spiro atoms. The minimum absolute atomic E-state index is 0.153. The van der Waals surface area contributed by atoms with Crippen LogP contribution in [0.5, 0.6) is 0 Å². The van der Waals surface area contributed by atoms with Crippen molar-refractivity contribution in [2.45, 2.75) is 24.5 Å². The van der Waals surface area contributed by atoms with Crippen molar-refractivity contribution in [3.8, 4) is 0 Å². The Morgan fingerprint density at radius 1 is 1.60 bits per heavy atom. The summed E-state index contributed by atoms with van der Waals surface area (Å²) < 4.78 is 0.339. The molecule has 10 heavy (non-hydrogen) atoms. The highest BCUT2D eigenvalue weighted by Crippen LogP contribution is 2.48. The lowest BCUT2D eigenvalue weighted by Gasteiger charge is -2.01. The van der Waals surface area contributed by atoms with Gasteiger partial charge >= 0.3 is 0 Å². The largest absolute Gasteiger partial charge is 0.295 e. The van der Waals surface area contributed by atoms with E-state index in [2.05, 4.69) is 6.26 Å². The van der Waals surface area contributed by atoms with Gasteiger partial charge in [-0.25, -0.2) is 0 Å². The van der Waals surface area contributed by atoms with Crippen molar-refractivity contribution in [3.63, 3.8) is 0 Å². The molecule has 0 aromatic rings. The predicted octanol–water partition coefficient (Wildman–Crippen LogP) is 2.03. The van der Waals surface area contributed by atoms with Crippen LogP contribution in [0.3, 0.4) is 0 Å². The van der Waals surface area contributed by atoms with Crippen molar-refractivity contribution < 1.29 is 4.79 Å². The van der Waals surface area contributed by atoms with Crippen LogP contribution in [0.25, 0.3) is 0 Å². The molecule has 1 saturated carbocycles. The van der Waals surface area contributed by atoms with Gasteiger partial charge in [0.15, 0.2) is 5.78 Å². The highest BCUT2D eigenvalue weighted by molar-refractivity contribution is 8.00. The Morgan fingerprint density at radius 2 is 2.20 bits per heavy atom. The molecule has 0 aliphatic heterocycles. The lowest BCUT2D eigenvalue weighted by Crippen LogP contribution is -1.96. The Bertz CT molecular complexity index is 168. The molecule has 0 bridgehead atoms. The molecular formula is C8H12OS. The van der Waals surface area contributed by atoms with Crippen LogP contribution in [0.2, 0.25) is 0 Å². The topological polar surface area (TPSA) is 17.1 Å². The van der Waals surface area contributed by atoms with Crippen molar-refractivity contribution in [3.05, 3.63) is 12.2 Å². The van der Waals surface area contributed by atoms with Gasteiger partial charge in [0.1, 0.15) is 0 Å². The lowest BCUT2D eigenvalue weighted by molar-refractivity contribution is -0.112. The van der Waals surface area contributed by atoms with Crippen molar-refractivity contribution in [2.24, 2.45) is 0 Å². The van der Waals surface area contributed by atoms with E-state index in [9.17, 15) is 4.79 Å². The van der Waals surface area contributed by atoms with Crippen molar-refractivity contribution in [1.29, 1.82) is 0 Å². The summed E-state index contributed by atoms with van der Waals surface area (Å²) in [5.41, 5.74) is 0. The third kappa shape index (κ3) is 1.87. The molecule has 1 aliphatic rings. The zero-order chi connectivity index (χ0) is 7.61. The predicted molar refractivity (Wildman–Crippen MR) is 45.3 cm³/mol. The minimum atomic E-state index is 0.153. The van der Waals surface area contributed by atoms with Gasteiger partial charge in [-0.05, 0) is 32.1 Å². The summed E-state index contributed by atoms with van der Waals surface area (Å²) in [6, 6.07) is 0. The Kier molecular flexibility index (Phi) is 2.19. The molecule has 1 rings (SSSR count). The lowest BCUT2D eigenvalue weighted by atomic mass is 10.3. The second kappa shape index (κ2) is 2.79. The van der Waals surface area contributed by atoms with E-state index in [-0.39, 0.29) is 5.78 Å². The van der Waals surface area contributed by atoms with Crippen LogP contribution in [0.4, 0.5) is 0 Å². The Hall–Kier alpha value is -0.240. The van der Waals surface area contributed by atoms with Gasteiger partial charge in [0.2, 0.25) is 0 Å². The van der Waals surface area contributed by atoms with Gasteiger partial charge in [-0.3, -0.25) is 4.79 Å². The van der Waals surface area contributed by atoms with Crippen LogP contribution in [-0.2, 0) is 4.79 Å². The fourth-order valence-electron chi connectivity index (χ4n) is 0.831. The first-order valence-electron chi connectivity index (χ1n) is 3.43. The molecule has 0 saturated heterocycles. The van der Waals surface area contributed by atoms with Crippen molar-refractivity contribution in [2.75, 3.05) is 6.26 Å². The highest BCUT2D eigenvalue weighted by Gasteiger charge is 2.38. The summed E-state index contributed by atoms with van der Waals surface area (Å²) in [6.07, 6.45) is 8.29. The molecule has 0 aromatic carbocycles. The van der Waals surface area contributed by atoms with Gasteiger partial charge in [-0.15, -0.1) is 0 Å². The number of hydrogen-bond donors (Lipinski definition) is 0. The fraction of sp³-hybridized carbons (Fsp3) is 0.625. The number of hydrogen-bond acceptors (Lipinski definition) is 2. The van der Waals surface area contributed by atoms with Crippen LogP contribution in [-0.4, -0.2) is 16.8 Å². The number of allylic oxidation sites excluding steroid dienone is 1. The maximum atomic E-state index is 10.5. The fourth-order valence-corrected chi connectivity index (χ4v) is 1.55. The van der Waals surface area contributed by atoms with Gasteiger partial charge < -0.3 is 0 Å². The van der Waals surface area contributed by atoms with Crippen LogP contribution >= 0.6 is 11.8 Å². The highest BCUT2D eigenvalue weighted by atomic mass is 32.2. The smallest absolute Gasteiger partial charge is 0.152 e. The standard InChI is InChI=1S/C8H12OS/c1-7(9)3-4-8(10-2)5-6-8/h3-4H,5-6H2,1-2H3/b4-3+. The van der Waals surface area contributed by atoms with Gasteiger partial charge in [-0.1, -0.05) is 6.08 Å². The van der Waals surface area contributed by atoms with E-state index in [0.29, 0.717) is 4.75 Å². The molecule has 1 fully saturated rings. The maximum absolute atomic E-state index is 10.5. The van der Waals surface area contributed by atoms with Crippen molar-refractivity contribution >= 4 is 17.5 Å². The summed E-state index contributed by atoms with van der Waals surface area (Å²) in [6.45, 7) is 1.59. The summed E-state index contributed by atoms with van der Waals surface area (Å²) >= 11 is 1.84. The van der Waals surface area contributed by atoms with E-state index < -0.39 is 0 Å². The van der Waals surface area contributed by atoms with Gasteiger partial charge in [0.25, 0.3) is 0 Å². The van der Waals surface area contributed by atoms with E-state index >= 15 is 0 Å². The van der Waals surface area contributed by atoms with E-state index in [0.717, 1.165) is 0 Å². The summed E-state index contributed by atoms with van der Waals surface area (Å²) in [5, 5.41) is 0. The minimum Gasteiger partial charge on any atom is -0.295 e. The molecule has 0 atom stereocenters. The number of carbonyl (C=O) groups excluding carboxylic acids is 1. The van der Waals surface area contributed by atoms with E-state index in [4.69, 9.17) is 0 Å². The average Bonchev–Trinajstić information content (AvgIpc) is 2.64. The average molecular weight is 156 g/mol. The molecule has 0 amide bonds. The number of carbonyl (C=O) groups is 1. The maximum Gasteiger partial charge on any atom is 0.152 e. The van der Waals surface area contributed by atoms with Crippen LogP contribution in [0.1, 0.15) is 19.8 Å². The monoisotopic (exact) mass is 156 g/mol. The van der Waals surface area contributed by atoms with E-state index in [1.807, 2.05) is 17.8 Å². The molecule has 0 N–H and O–H groups in total. The van der Waals surface area contributed by atoms with Gasteiger partial charge in [-0.2, -0.15) is 11.8 Å². The zero-order valence-corrected chi connectivity index (χ0v) is 7.20. The van der Waals surface area contributed by atoms with Crippen LogP contribution in [0, 0.1) is 0 Å². The molecule has 56 valence electrons. The third-order valence-electron chi connectivity index (χ3n) is 1.77. The van der Waals surface area contributed by atoms with Crippen LogP contribution in [0.15, 0.2) is 12.2 Å². The second-order valence-electron chi connectivity index (χ2n) is 2.71. The van der Waals surface area contributed by atoms with Gasteiger partial charge in [0, 0.05) is 4.75 Å². The molecule has 0 aromatic heterocycles. The van der Waals surface area contributed by atoms with Gasteiger partial charge in [0.05, 0.1) is 0 Å². The summed E-state index contributed by atoms with van der Waals surface area (Å²) in [4.78, 5) is 10.5. The molecular weight excluding hydrogens is 144 g/mol. The molecule has 0 unspecified atom stereocenters. The number of thioether (sulfide) groups is 1. The SMILES string of the molecule is CSC1(/C=C/C(C)=O)CC1. The molecule has 2 heteroatoms. The molecule has 1 nitrogen and oxygen atoms in total. The summed E-state index contributed by atoms with van der Waals surface area (Å²) in [5.74, 6) is 0.153. The normalized spacial score (nSPS) is 21.4. The van der Waals surface area contributed by atoms with E-state index in [1.165, 1.54) is 12.8 Å². The van der Waals surface area contributed by atoms with Crippen molar-refractivity contribution in [1.82, 2.24) is 0 Å². The quantitative estimate of drug-likeness (QED) is 0.581. The first-order valence-corrected chi connectivity index (χ1v) is 4.66. The Balaban J connectivity index is 2.44. The zero-order valence-electron chi connectivity index (χ0n) is 6.39. The molecule has 0 radical (unpaired) electrons. The molecule has 0 heterocycles. The van der Waals surface area contributed by atoms with E-state index in [1.54, 1.807) is 13.0 Å². The number of ketones is 1. The second-order valence-corrected chi connectivity index (χ2v) is 3.93. The number of rotatable bonds is 3.